The molecule has 0 fully saturated rings. The molecule has 0 saturated carbocycles. The molecule has 3 heteroatoms. The van der Waals surface area contributed by atoms with Crippen molar-refractivity contribution in [3.05, 3.63) is 59.7 Å². The fourth-order valence-electron chi connectivity index (χ4n) is 1.68. The van der Waals surface area contributed by atoms with Gasteiger partial charge in [0.05, 0.1) is 0 Å². The number of phenolic OH excluding ortho intramolecular Hbond substituents is 2. The Morgan fingerprint density at radius 1 is 0.588 bits per heavy atom. The van der Waals surface area contributed by atoms with E-state index in [9.17, 15) is 10.2 Å². The molecule has 0 bridgehead atoms. The second-order valence-electron chi connectivity index (χ2n) is 3.85. The van der Waals surface area contributed by atoms with Crippen molar-refractivity contribution >= 4 is 11.5 Å². The largest absolute Gasteiger partial charge is 0.508 e. The van der Waals surface area contributed by atoms with Gasteiger partial charge in [-0.25, -0.2) is 0 Å². The molecule has 1 heterocycles. The smallest absolute Gasteiger partial charge is 0.178 e. The summed E-state index contributed by atoms with van der Waals surface area (Å²) in [6.07, 6.45) is 0. The predicted octanol–water partition coefficient (Wildman–Crippen LogP) is 2.95. The van der Waals surface area contributed by atoms with Crippen LogP contribution in [0.1, 0.15) is 11.1 Å². The molecule has 0 amide bonds. The minimum Gasteiger partial charge on any atom is -0.508 e. The van der Waals surface area contributed by atoms with Crippen molar-refractivity contribution in [2.24, 2.45) is 0 Å². The van der Waals surface area contributed by atoms with E-state index in [2.05, 4.69) is 0 Å². The Hall–Kier alpha value is -2.42. The van der Waals surface area contributed by atoms with Crippen LogP contribution in [0.15, 0.2) is 48.5 Å². The second kappa shape index (κ2) is 3.56. The van der Waals surface area contributed by atoms with Crippen molar-refractivity contribution in [2.45, 2.75) is 0 Å². The maximum Gasteiger partial charge on any atom is 0.178 e. The van der Waals surface area contributed by atoms with Crippen molar-refractivity contribution in [3.63, 3.8) is 0 Å². The Morgan fingerprint density at radius 2 is 0.941 bits per heavy atom. The van der Waals surface area contributed by atoms with E-state index in [4.69, 9.17) is 4.74 Å². The van der Waals surface area contributed by atoms with Crippen molar-refractivity contribution in [1.29, 1.82) is 0 Å². The number of ether oxygens (including phenoxy) is 1. The second-order valence-corrected chi connectivity index (χ2v) is 3.85. The Morgan fingerprint density at radius 3 is 1.29 bits per heavy atom. The van der Waals surface area contributed by atoms with E-state index >= 15 is 0 Å². The molecule has 84 valence electrons. The molecule has 3 rings (SSSR count). The van der Waals surface area contributed by atoms with E-state index in [0.29, 0.717) is 0 Å². The molecular formula is C14H10O3. The van der Waals surface area contributed by atoms with E-state index < -0.39 is 0 Å². The fraction of sp³-hybridized carbons (Fsp3) is 0. The molecule has 0 aliphatic carbocycles. The zero-order valence-electron chi connectivity index (χ0n) is 8.92. The van der Waals surface area contributed by atoms with Crippen LogP contribution in [-0.2, 0) is 4.74 Å². The highest BCUT2D eigenvalue weighted by Crippen LogP contribution is 2.43. The van der Waals surface area contributed by atoms with Crippen LogP contribution in [-0.4, -0.2) is 10.2 Å². The van der Waals surface area contributed by atoms with Gasteiger partial charge in [0.15, 0.2) is 11.5 Å². The first kappa shape index (κ1) is 9.78. The minimum absolute atomic E-state index is 0.237. The van der Waals surface area contributed by atoms with Crippen LogP contribution in [0.5, 0.6) is 11.5 Å². The predicted molar refractivity (Wildman–Crippen MR) is 64.1 cm³/mol. The average Bonchev–Trinajstić information content (AvgIpc) is 3.11. The number of hydrogen-bond acceptors (Lipinski definition) is 3. The van der Waals surface area contributed by atoms with Gasteiger partial charge in [-0.15, -0.1) is 0 Å². The summed E-state index contributed by atoms with van der Waals surface area (Å²) in [7, 11) is 0. The third-order valence-corrected chi connectivity index (χ3v) is 2.63. The van der Waals surface area contributed by atoms with E-state index in [0.717, 1.165) is 22.6 Å². The van der Waals surface area contributed by atoms with Crippen LogP contribution in [0.2, 0.25) is 0 Å². The van der Waals surface area contributed by atoms with Crippen LogP contribution < -0.4 is 0 Å². The average molecular weight is 226 g/mol. The minimum atomic E-state index is 0.237. The Kier molecular flexibility index (Phi) is 2.05. The number of phenols is 2. The topological polar surface area (TPSA) is 53.0 Å². The molecule has 3 nitrogen and oxygen atoms in total. The van der Waals surface area contributed by atoms with Gasteiger partial charge >= 0.3 is 0 Å². The lowest BCUT2D eigenvalue weighted by atomic mass is 10.1. The maximum atomic E-state index is 9.19. The molecule has 17 heavy (non-hydrogen) atoms. The molecule has 2 aromatic rings. The molecule has 0 saturated heterocycles. The molecule has 1 aliphatic rings. The van der Waals surface area contributed by atoms with E-state index in [1.54, 1.807) is 48.5 Å². The van der Waals surface area contributed by atoms with Crippen molar-refractivity contribution in [3.8, 4) is 11.5 Å². The molecule has 1 aliphatic heterocycles. The van der Waals surface area contributed by atoms with Gasteiger partial charge in [-0.1, -0.05) is 0 Å². The molecule has 0 aromatic heterocycles. The van der Waals surface area contributed by atoms with Crippen LogP contribution in [0, 0.1) is 0 Å². The zero-order chi connectivity index (χ0) is 11.8. The standard InChI is InChI=1S/C14H10O3/c15-11-5-1-9(2-6-11)13-14(17-13)10-3-7-12(16)8-4-10/h1-8,15-16H. The van der Waals surface area contributed by atoms with Gasteiger partial charge in [0, 0.05) is 11.1 Å². The SMILES string of the molecule is Oc1ccc(C2=C(c3ccc(O)cc3)O2)cc1. The molecule has 0 spiro atoms. The highest BCUT2D eigenvalue weighted by atomic mass is 16.6. The van der Waals surface area contributed by atoms with Crippen LogP contribution in [0.25, 0.3) is 11.5 Å². The highest BCUT2D eigenvalue weighted by Gasteiger charge is 2.28. The summed E-state index contributed by atoms with van der Waals surface area (Å²) in [5.41, 5.74) is 1.87. The summed E-state index contributed by atoms with van der Waals surface area (Å²) in [6.45, 7) is 0. The van der Waals surface area contributed by atoms with E-state index in [-0.39, 0.29) is 11.5 Å². The number of hydrogen-bond donors (Lipinski definition) is 2. The number of benzene rings is 2. The molecule has 0 radical (unpaired) electrons. The molecule has 0 unspecified atom stereocenters. The Labute approximate surface area is 98.2 Å². The summed E-state index contributed by atoms with van der Waals surface area (Å²) >= 11 is 0. The van der Waals surface area contributed by atoms with Gasteiger partial charge in [-0.2, -0.15) is 0 Å². The zero-order valence-corrected chi connectivity index (χ0v) is 8.92. The van der Waals surface area contributed by atoms with E-state index in [1.165, 1.54) is 0 Å². The summed E-state index contributed by atoms with van der Waals surface area (Å²) in [6, 6.07) is 13.7. The first-order valence-electron chi connectivity index (χ1n) is 5.25. The highest BCUT2D eigenvalue weighted by molar-refractivity contribution is 5.96. The number of rotatable bonds is 2. The lowest BCUT2D eigenvalue weighted by Crippen LogP contribution is -1.72. The van der Waals surface area contributed by atoms with E-state index in [1.807, 2.05) is 0 Å². The van der Waals surface area contributed by atoms with Crippen LogP contribution in [0.4, 0.5) is 0 Å². The summed E-state index contributed by atoms with van der Waals surface area (Å²) in [4.78, 5) is 0. The summed E-state index contributed by atoms with van der Waals surface area (Å²) < 4.78 is 5.44. The monoisotopic (exact) mass is 226 g/mol. The molecule has 2 aromatic carbocycles. The van der Waals surface area contributed by atoms with Gasteiger partial charge < -0.3 is 14.9 Å². The van der Waals surface area contributed by atoms with Crippen molar-refractivity contribution in [2.75, 3.05) is 0 Å². The Balaban J connectivity index is 1.92. The quantitative estimate of drug-likeness (QED) is 0.827. The van der Waals surface area contributed by atoms with Crippen LogP contribution >= 0.6 is 0 Å². The van der Waals surface area contributed by atoms with Gasteiger partial charge in [0.1, 0.15) is 11.5 Å². The van der Waals surface area contributed by atoms with Gasteiger partial charge in [-0.05, 0) is 48.5 Å². The van der Waals surface area contributed by atoms with Gasteiger partial charge in [0.2, 0.25) is 0 Å². The first-order valence-corrected chi connectivity index (χ1v) is 5.25. The fourth-order valence-corrected chi connectivity index (χ4v) is 1.68. The normalized spacial score (nSPS) is 13.4. The number of aromatic hydroxyl groups is 2. The summed E-state index contributed by atoms with van der Waals surface area (Å²) in [5, 5.41) is 18.4. The van der Waals surface area contributed by atoms with Gasteiger partial charge in [-0.3, -0.25) is 0 Å². The molecular weight excluding hydrogens is 216 g/mol. The van der Waals surface area contributed by atoms with Crippen molar-refractivity contribution in [1.82, 2.24) is 0 Å². The lowest BCUT2D eigenvalue weighted by Gasteiger charge is -1.91. The lowest BCUT2D eigenvalue weighted by molar-refractivity contribution is 0.474. The third-order valence-electron chi connectivity index (χ3n) is 2.63. The third kappa shape index (κ3) is 1.83. The van der Waals surface area contributed by atoms with Gasteiger partial charge in [0.25, 0.3) is 0 Å². The Bertz CT molecular complexity index is 526. The molecule has 0 atom stereocenters. The summed E-state index contributed by atoms with van der Waals surface area (Å²) in [5.74, 6) is 2.11. The first-order chi connectivity index (χ1) is 8.24. The van der Waals surface area contributed by atoms with Crippen molar-refractivity contribution < 1.29 is 14.9 Å². The van der Waals surface area contributed by atoms with Crippen LogP contribution in [0.3, 0.4) is 0 Å². The maximum absolute atomic E-state index is 9.19. The molecule has 2 N–H and O–H groups in total.